The number of aryl methyl sites for hydroxylation is 1. The van der Waals surface area contributed by atoms with Crippen LogP contribution in [0.25, 0.3) is 11.0 Å². The number of para-hydroxylation sites is 2. The normalized spacial score (nSPS) is 12.3. The van der Waals surface area contributed by atoms with Gasteiger partial charge in [0.1, 0.15) is 18.2 Å². The van der Waals surface area contributed by atoms with E-state index in [1.165, 1.54) is 22.8 Å². The SMILES string of the molecule is CCn1c(=O)n(CC(=O)NC(C)Cc2c(F)cccc2F)c2ccccc21. The fourth-order valence-corrected chi connectivity index (χ4v) is 3.28. The Balaban J connectivity index is 1.76. The molecule has 1 unspecified atom stereocenters. The highest BCUT2D eigenvalue weighted by Crippen LogP contribution is 2.15. The number of hydrogen-bond donors (Lipinski definition) is 1. The molecule has 1 amide bonds. The molecular weight excluding hydrogens is 352 g/mol. The minimum absolute atomic E-state index is 0.0237. The van der Waals surface area contributed by atoms with Gasteiger partial charge in [-0.05, 0) is 44.5 Å². The number of rotatable bonds is 6. The van der Waals surface area contributed by atoms with Crippen LogP contribution in [-0.4, -0.2) is 21.1 Å². The molecule has 7 heteroatoms. The van der Waals surface area contributed by atoms with Crippen molar-refractivity contribution in [3.8, 4) is 0 Å². The van der Waals surface area contributed by atoms with Gasteiger partial charge in [-0.15, -0.1) is 0 Å². The van der Waals surface area contributed by atoms with Gasteiger partial charge in [0, 0.05) is 18.2 Å². The largest absolute Gasteiger partial charge is 0.352 e. The summed E-state index contributed by atoms with van der Waals surface area (Å²) in [5.74, 6) is -1.67. The van der Waals surface area contributed by atoms with Gasteiger partial charge in [-0.1, -0.05) is 18.2 Å². The number of carbonyl (C=O) groups excluding carboxylic acids is 1. The van der Waals surface area contributed by atoms with Crippen molar-refractivity contribution in [2.24, 2.45) is 0 Å². The molecule has 0 bridgehead atoms. The lowest BCUT2D eigenvalue weighted by Crippen LogP contribution is -2.38. The summed E-state index contributed by atoms with van der Waals surface area (Å²) >= 11 is 0. The van der Waals surface area contributed by atoms with Gasteiger partial charge in [-0.3, -0.25) is 13.9 Å². The number of fused-ring (bicyclic) bond motifs is 1. The lowest BCUT2D eigenvalue weighted by atomic mass is 10.1. The predicted octanol–water partition coefficient (Wildman–Crippen LogP) is 2.85. The van der Waals surface area contributed by atoms with Gasteiger partial charge < -0.3 is 5.32 Å². The Morgan fingerprint density at radius 2 is 1.63 bits per heavy atom. The number of aromatic nitrogens is 2. The summed E-state index contributed by atoms with van der Waals surface area (Å²) in [7, 11) is 0. The standard InChI is InChI=1S/C20H21F2N3O2/c1-3-24-17-9-4-5-10-18(17)25(20(24)27)12-19(26)23-13(2)11-14-15(21)7-6-8-16(14)22/h4-10,13H,3,11-12H2,1-2H3,(H,23,26). The van der Waals surface area contributed by atoms with Gasteiger partial charge in [-0.25, -0.2) is 13.6 Å². The van der Waals surface area contributed by atoms with E-state index in [2.05, 4.69) is 5.32 Å². The van der Waals surface area contributed by atoms with Crippen molar-refractivity contribution in [3.05, 3.63) is 70.1 Å². The lowest BCUT2D eigenvalue weighted by Gasteiger charge is -2.15. The average molecular weight is 373 g/mol. The van der Waals surface area contributed by atoms with E-state index in [0.29, 0.717) is 12.1 Å². The van der Waals surface area contributed by atoms with Crippen LogP contribution in [-0.2, 0) is 24.3 Å². The molecule has 0 saturated heterocycles. The molecule has 2 aromatic carbocycles. The molecule has 3 rings (SSSR count). The highest BCUT2D eigenvalue weighted by molar-refractivity contribution is 5.81. The van der Waals surface area contributed by atoms with Crippen LogP contribution >= 0.6 is 0 Å². The van der Waals surface area contributed by atoms with Crippen molar-refractivity contribution in [2.45, 2.75) is 39.4 Å². The topological polar surface area (TPSA) is 56.0 Å². The van der Waals surface area contributed by atoms with Crippen molar-refractivity contribution in [1.29, 1.82) is 0 Å². The Kier molecular flexibility index (Phi) is 5.39. The molecule has 0 fully saturated rings. The maximum absolute atomic E-state index is 13.8. The van der Waals surface area contributed by atoms with Gasteiger partial charge in [0.2, 0.25) is 5.91 Å². The fourth-order valence-electron chi connectivity index (χ4n) is 3.28. The van der Waals surface area contributed by atoms with Crippen molar-refractivity contribution in [3.63, 3.8) is 0 Å². The molecular formula is C20H21F2N3O2. The summed E-state index contributed by atoms with van der Waals surface area (Å²) in [6.07, 6.45) is 0.0237. The number of hydrogen-bond acceptors (Lipinski definition) is 2. The maximum atomic E-state index is 13.8. The van der Waals surface area contributed by atoms with E-state index in [1.807, 2.05) is 19.1 Å². The van der Waals surface area contributed by atoms with E-state index in [4.69, 9.17) is 0 Å². The summed E-state index contributed by atoms with van der Waals surface area (Å²) in [6, 6.07) is 10.4. The average Bonchev–Trinajstić information content (AvgIpc) is 2.89. The Labute approximate surface area is 155 Å². The van der Waals surface area contributed by atoms with Crippen molar-refractivity contribution < 1.29 is 13.6 Å². The zero-order valence-electron chi connectivity index (χ0n) is 15.2. The number of amides is 1. The third-order valence-corrected chi connectivity index (χ3v) is 4.52. The van der Waals surface area contributed by atoms with E-state index in [9.17, 15) is 18.4 Å². The molecule has 0 aliphatic rings. The number of imidazole rings is 1. The minimum atomic E-state index is -0.640. The third-order valence-electron chi connectivity index (χ3n) is 4.52. The molecule has 1 N–H and O–H groups in total. The summed E-state index contributed by atoms with van der Waals surface area (Å²) < 4.78 is 30.5. The van der Waals surface area contributed by atoms with Crippen LogP contribution in [0.3, 0.4) is 0 Å². The van der Waals surface area contributed by atoms with E-state index in [0.717, 1.165) is 5.52 Å². The van der Waals surface area contributed by atoms with Gasteiger partial charge in [0.05, 0.1) is 11.0 Å². The van der Waals surface area contributed by atoms with E-state index >= 15 is 0 Å². The molecule has 3 aromatic rings. The number of benzene rings is 2. The van der Waals surface area contributed by atoms with Crippen LogP contribution in [0, 0.1) is 11.6 Å². The number of halogens is 2. The molecule has 0 saturated carbocycles. The Hall–Kier alpha value is -2.96. The zero-order valence-corrected chi connectivity index (χ0v) is 15.2. The Bertz CT molecular complexity index is 1020. The second kappa shape index (κ2) is 7.73. The van der Waals surface area contributed by atoms with Crippen molar-refractivity contribution in [1.82, 2.24) is 14.5 Å². The highest BCUT2D eigenvalue weighted by atomic mass is 19.1. The third kappa shape index (κ3) is 3.77. The monoisotopic (exact) mass is 373 g/mol. The van der Waals surface area contributed by atoms with E-state index < -0.39 is 17.7 Å². The van der Waals surface area contributed by atoms with Crippen LogP contribution in [0.4, 0.5) is 8.78 Å². The summed E-state index contributed by atoms with van der Waals surface area (Å²) in [6.45, 7) is 3.87. The van der Waals surface area contributed by atoms with Gasteiger partial charge >= 0.3 is 5.69 Å². The quantitative estimate of drug-likeness (QED) is 0.722. The summed E-state index contributed by atoms with van der Waals surface area (Å²) in [5.41, 5.74) is 1.11. The molecule has 1 heterocycles. The van der Waals surface area contributed by atoms with Crippen LogP contribution < -0.4 is 11.0 Å². The van der Waals surface area contributed by atoms with Crippen molar-refractivity contribution >= 4 is 16.9 Å². The second-order valence-electron chi connectivity index (χ2n) is 6.47. The Morgan fingerprint density at radius 1 is 1.04 bits per heavy atom. The summed E-state index contributed by atoms with van der Waals surface area (Å²) in [4.78, 5) is 25.0. The lowest BCUT2D eigenvalue weighted by molar-refractivity contribution is -0.122. The molecule has 0 spiro atoms. The number of nitrogens with zero attached hydrogens (tertiary/aromatic N) is 2. The first-order chi connectivity index (χ1) is 12.9. The second-order valence-corrected chi connectivity index (χ2v) is 6.47. The van der Waals surface area contributed by atoms with Gasteiger partial charge in [-0.2, -0.15) is 0 Å². The fraction of sp³-hybridized carbons (Fsp3) is 0.300. The first-order valence-corrected chi connectivity index (χ1v) is 8.82. The minimum Gasteiger partial charge on any atom is -0.352 e. The van der Waals surface area contributed by atoms with Crippen molar-refractivity contribution in [2.75, 3.05) is 0 Å². The first kappa shape index (κ1) is 18.8. The molecule has 1 atom stereocenters. The van der Waals surface area contributed by atoms with Crippen LogP contribution in [0.2, 0.25) is 0 Å². The van der Waals surface area contributed by atoms with E-state index in [-0.39, 0.29) is 30.1 Å². The van der Waals surface area contributed by atoms with Crippen LogP contribution in [0.15, 0.2) is 47.3 Å². The Morgan fingerprint density at radius 3 is 2.22 bits per heavy atom. The molecule has 1 aromatic heterocycles. The molecule has 0 aliphatic heterocycles. The highest BCUT2D eigenvalue weighted by Gasteiger charge is 2.17. The number of nitrogens with one attached hydrogen (secondary N) is 1. The van der Waals surface area contributed by atoms with Crippen LogP contribution in [0.5, 0.6) is 0 Å². The predicted molar refractivity (Wildman–Crippen MR) is 99.5 cm³/mol. The van der Waals surface area contributed by atoms with Crippen LogP contribution in [0.1, 0.15) is 19.4 Å². The van der Waals surface area contributed by atoms with Gasteiger partial charge in [0.25, 0.3) is 0 Å². The summed E-state index contributed by atoms with van der Waals surface area (Å²) in [5, 5.41) is 2.71. The maximum Gasteiger partial charge on any atom is 0.329 e. The van der Waals surface area contributed by atoms with E-state index in [1.54, 1.807) is 23.6 Å². The van der Waals surface area contributed by atoms with Gasteiger partial charge in [0.15, 0.2) is 0 Å². The number of carbonyl (C=O) groups is 1. The molecule has 0 aliphatic carbocycles. The smallest absolute Gasteiger partial charge is 0.329 e. The first-order valence-electron chi connectivity index (χ1n) is 8.82. The molecule has 27 heavy (non-hydrogen) atoms. The zero-order chi connectivity index (χ0) is 19.6. The molecule has 5 nitrogen and oxygen atoms in total. The molecule has 0 radical (unpaired) electrons. The molecule has 142 valence electrons.